The van der Waals surface area contributed by atoms with E-state index in [-0.39, 0.29) is 0 Å². The summed E-state index contributed by atoms with van der Waals surface area (Å²) in [6, 6.07) is 0.325. The molecule has 0 amide bonds. The van der Waals surface area contributed by atoms with E-state index in [1.807, 2.05) is 17.8 Å². The molecule has 2 aromatic heterocycles. The number of fused-ring (bicyclic) bond motifs is 1. The smallest absolute Gasteiger partial charge is 0.126 e. The van der Waals surface area contributed by atoms with E-state index in [1.165, 1.54) is 36.4 Å². The van der Waals surface area contributed by atoms with Gasteiger partial charge in [0.25, 0.3) is 0 Å². The van der Waals surface area contributed by atoms with Gasteiger partial charge in [0.1, 0.15) is 10.8 Å². The van der Waals surface area contributed by atoms with Gasteiger partial charge in [-0.05, 0) is 25.7 Å². The maximum absolute atomic E-state index is 5.99. The van der Waals surface area contributed by atoms with Crippen molar-refractivity contribution in [1.82, 2.24) is 19.4 Å². The van der Waals surface area contributed by atoms with Gasteiger partial charge in [0.05, 0.1) is 31.1 Å². The van der Waals surface area contributed by atoms with Crippen LogP contribution in [0.25, 0.3) is 0 Å². The van der Waals surface area contributed by atoms with Crippen LogP contribution >= 0.6 is 11.3 Å². The lowest BCUT2D eigenvalue weighted by atomic mass is 10.1. The number of rotatable bonds is 6. The van der Waals surface area contributed by atoms with Crippen LogP contribution < -0.4 is 0 Å². The fourth-order valence-electron chi connectivity index (χ4n) is 3.95. The molecule has 4 rings (SSSR count). The zero-order valence-corrected chi connectivity index (χ0v) is 15.2. The van der Waals surface area contributed by atoms with Crippen molar-refractivity contribution in [1.29, 1.82) is 0 Å². The predicted molar refractivity (Wildman–Crippen MR) is 94.8 cm³/mol. The molecule has 0 N–H and O–H groups in total. The lowest BCUT2D eigenvalue weighted by Crippen LogP contribution is -2.37. The molecule has 24 heavy (non-hydrogen) atoms. The van der Waals surface area contributed by atoms with E-state index >= 15 is 0 Å². The molecule has 130 valence electrons. The molecule has 6 heteroatoms. The SMILES string of the molecule is CC1c2ncc(COCC3CCCC3)n2CCN1Cc1nccs1. The highest BCUT2D eigenvalue weighted by Crippen LogP contribution is 2.28. The van der Waals surface area contributed by atoms with Crippen LogP contribution in [-0.4, -0.2) is 32.6 Å². The van der Waals surface area contributed by atoms with Gasteiger partial charge in [-0.25, -0.2) is 9.97 Å². The van der Waals surface area contributed by atoms with E-state index < -0.39 is 0 Å². The molecule has 5 nitrogen and oxygen atoms in total. The molecular weight excluding hydrogens is 320 g/mol. The van der Waals surface area contributed by atoms with Crippen molar-refractivity contribution in [3.63, 3.8) is 0 Å². The van der Waals surface area contributed by atoms with Crippen molar-refractivity contribution in [3.05, 3.63) is 34.3 Å². The summed E-state index contributed by atoms with van der Waals surface area (Å²) in [6.45, 7) is 6.80. The van der Waals surface area contributed by atoms with Crippen molar-refractivity contribution in [2.75, 3.05) is 13.2 Å². The Morgan fingerprint density at radius 2 is 2.12 bits per heavy atom. The van der Waals surface area contributed by atoms with Gasteiger partial charge in [-0.2, -0.15) is 0 Å². The zero-order chi connectivity index (χ0) is 16.4. The molecule has 1 aliphatic heterocycles. The largest absolute Gasteiger partial charge is 0.375 e. The Morgan fingerprint density at radius 1 is 1.25 bits per heavy atom. The van der Waals surface area contributed by atoms with Crippen molar-refractivity contribution in [2.24, 2.45) is 5.92 Å². The Hall–Kier alpha value is -1.24. The Bertz CT molecular complexity index is 648. The average molecular weight is 346 g/mol. The second-order valence-electron chi connectivity index (χ2n) is 7.00. The van der Waals surface area contributed by atoms with Gasteiger partial charge in [0, 0.05) is 31.3 Å². The molecule has 0 saturated heterocycles. The van der Waals surface area contributed by atoms with E-state index in [1.54, 1.807) is 11.3 Å². The predicted octanol–water partition coefficient (Wildman–Crippen LogP) is 3.62. The maximum Gasteiger partial charge on any atom is 0.126 e. The van der Waals surface area contributed by atoms with E-state index in [0.717, 1.165) is 38.0 Å². The highest BCUT2D eigenvalue weighted by molar-refractivity contribution is 7.09. The van der Waals surface area contributed by atoms with E-state index in [0.29, 0.717) is 12.6 Å². The minimum absolute atomic E-state index is 0.325. The normalized spacial score (nSPS) is 22.1. The third-order valence-corrected chi connectivity index (χ3v) is 6.17. The Labute approximate surface area is 147 Å². The first kappa shape index (κ1) is 16.2. The highest BCUT2D eigenvalue weighted by Gasteiger charge is 2.27. The van der Waals surface area contributed by atoms with Gasteiger partial charge < -0.3 is 9.30 Å². The molecule has 2 aliphatic rings. The summed E-state index contributed by atoms with van der Waals surface area (Å²) in [7, 11) is 0. The molecule has 0 spiro atoms. The summed E-state index contributed by atoms with van der Waals surface area (Å²) in [5, 5.41) is 3.23. The molecule has 0 aromatic carbocycles. The minimum Gasteiger partial charge on any atom is -0.375 e. The molecule has 0 radical (unpaired) electrons. The topological polar surface area (TPSA) is 43.2 Å². The summed E-state index contributed by atoms with van der Waals surface area (Å²) in [5.41, 5.74) is 1.23. The van der Waals surface area contributed by atoms with Crippen molar-refractivity contribution < 1.29 is 4.74 Å². The van der Waals surface area contributed by atoms with Crippen LogP contribution in [0.4, 0.5) is 0 Å². The average Bonchev–Trinajstić information content (AvgIpc) is 3.33. The molecule has 0 bridgehead atoms. The van der Waals surface area contributed by atoms with Crippen molar-refractivity contribution in [3.8, 4) is 0 Å². The lowest BCUT2D eigenvalue weighted by molar-refractivity contribution is 0.0815. The molecule has 3 heterocycles. The molecule has 1 fully saturated rings. The van der Waals surface area contributed by atoms with Crippen LogP contribution in [0.15, 0.2) is 17.8 Å². The van der Waals surface area contributed by atoms with E-state index in [2.05, 4.69) is 21.4 Å². The fourth-order valence-corrected chi connectivity index (χ4v) is 4.59. The van der Waals surface area contributed by atoms with Crippen LogP contribution in [0.5, 0.6) is 0 Å². The molecule has 1 saturated carbocycles. The summed E-state index contributed by atoms with van der Waals surface area (Å²) >= 11 is 1.73. The first-order chi connectivity index (χ1) is 11.8. The van der Waals surface area contributed by atoms with Gasteiger partial charge in [0.2, 0.25) is 0 Å². The molecule has 1 aliphatic carbocycles. The number of ether oxygens (including phenoxy) is 1. The first-order valence-electron chi connectivity index (χ1n) is 9.05. The number of hydrogen-bond donors (Lipinski definition) is 0. The lowest BCUT2D eigenvalue weighted by Gasteiger charge is -2.33. The van der Waals surface area contributed by atoms with E-state index in [4.69, 9.17) is 9.72 Å². The van der Waals surface area contributed by atoms with Crippen LogP contribution in [-0.2, 0) is 24.4 Å². The van der Waals surface area contributed by atoms with Crippen LogP contribution in [0.1, 0.15) is 55.2 Å². The number of thiazole rings is 1. The molecule has 1 unspecified atom stereocenters. The first-order valence-corrected chi connectivity index (χ1v) is 9.93. The van der Waals surface area contributed by atoms with Gasteiger partial charge in [-0.1, -0.05) is 12.8 Å². The number of imidazole rings is 1. The summed E-state index contributed by atoms with van der Waals surface area (Å²) < 4.78 is 8.35. The van der Waals surface area contributed by atoms with Crippen molar-refractivity contribution >= 4 is 11.3 Å². The summed E-state index contributed by atoms with van der Waals surface area (Å²) in [6.07, 6.45) is 9.33. The molecule has 1 atom stereocenters. The minimum atomic E-state index is 0.325. The van der Waals surface area contributed by atoms with Gasteiger partial charge in [-0.15, -0.1) is 11.3 Å². The van der Waals surface area contributed by atoms with E-state index in [9.17, 15) is 0 Å². The standard InChI is InChI=1S/C18H26N4OS/c1-14-18-20-10-16(13-23-12-15-4-2-3-5-15)22(18)8-7-21(14)11-17-19-6-9-24-17/h6,9-10,14-15H,2-5,7-8,11-13H2,1H3. The van der Waals surface area contributed by atoms with Gasteiger partial charge >= 0.3 is 0 Å². The Morgan fingerprint density at radius 3 is 2.92 bits per heavy atom. The fraction of sp³-hybridized carbons (Fsp3) is 0.667. The van der Waals surface area contributed by atoms with Gasteiger partial charge in [-0.3, -0.25) is 4.90 Å². The van der Waals surface area contributed by atoms with Crippen molar-refractivity contribution in [2.45, 2.75) is 58.3 Å². The second-order valence-corrected chi connectivity index (χ2v) is 7.98. The third-order valence-electron chi connectivity index (χ3n) is 5.40. The third kappa shape index (κ3) is 3.41. The van der Waals surface area contributed by atoms with Crippen LogP contribution in [0.3, 0.4) is 0 Å². The van der Waals surface area contributed by atoms with Crippen LogP contribution in [0.2, 0.25) is 0 Å². The monoisotopic (exact) mass is 346 g/mol. The highest BCUT2D eigenvalue weighted by atomic mass is 32.1. The Kier molecular flexibility index (Phi) is 4.96. The number of nitrogens with zero attached hydrogens (tertiary/aromatic N) is 4. The number of hydrogen-bond acceptors (Lipinski definition) is 5. The summed E-state index contributed by atoms with van der Waals surface area (Å²) in [5.74, 6) is 1.94. The summed E-state index contributed by atoms with van der Waals surface area (Å²) in [4.78, 5) is 11.6. The quantitative estimate of drug-likeness (QED) is 0.801. The zero-order valence-electron chi connectivity index (χ0n) is 14.4. The number of aromatic nitrogens is 3. The second kappa shape index (κ2) is 7.33. The maximum atomic E-state index is 5.99. The van der Waals surface area contributed by atoms with Crippen LogP contribution in [0, 0.1) is 5.92 Å². The van der Waals surface area contributed by atoms with Gasteiger partial charge in [0.15, 0.2) is 0 Å². The molecular formula is C18H26N4OS. The molecule has 2 aromatic rings. The Balaban J connectivity index is 1.36.